The third kappa shape index (κ3) is 2.43. The van der Waals surface area contributed by atoms with Crippen molar-refractivity contribution in [1.29, 1.82) is 0 Å². The van der Waals surface area contributed by atoms with Crippen LogP contribution in [0.5, 0.6) is 0 Å². The Morgan fingerprint density at radius 2 is 1.92 bits per heavy atom. The standard InChI is InChI=1S/C18H17N6/c1-13-8-14(2)10-15(9-13)21-18-22-17-12-20-6-7-24(17,23-18)16-4-3-5-19-11-16/h3-12H,1-2H3,(H,21,23)/q+1. The van der Waals surface area contributed by atoms with Gasteiger partial charge in [0.2, 0.25) is 0 Å². The molecule has 0 amide bonds. The van der Waals surface area contributed by atoms with Crippen LogP contribution in [0, 0.1) is 13.8 Å². The van der Waals surface area contributed by atoms with Gasteiger partial charge in [0.05, 0.1) is 12.4 Å². The van der Waals surface area contributed by atoms with E-state index in [9.17, 15) is 0 Å². The lowest BCUT2D eigenvalue weighted by atomic mass is 10.1. The molecule has 0 radical (unpaired) electrons. The summed E-state index contributed by atoms with van der Waals surface area (Å²) in [5.41, 5.74) is 4.27. The molecule has 0 saturated heterocycles. The second-order valence-electron chi connectivity index (χ2n) is 5.87. The number of quaternary nitrogens is 1. The molecule has 1 N–H and O–H groups in total. The summed E-state index contributed by atoms with van der Waals surface area (Å²) >= 11 is 0. The number of fused-ring (bicyclic) bond motifs is 1. The van der Waals surface area contributed by atoms with Gasteiger partial charge in [0.25, 0.3) is 11.8 Å². The number of aliphatic imine (C=N–C) groups is 2. The highest BCUT2D eigenvalue weighted by atomic mass is 15.7. The fraction of sp³-hybridized carbons (Fsp3) is 0.111. The lowest BCUT2D eigenvalue weighted by Gasteiger charge is -2.23. The van der Waals surface area contributed by atoms with Gasteiger partial charge in [-0.25, -0.2) is 0 Å². The Hall–Kier alpha value is -3.12. The van der Waals surface area contributed by atoms with Crippen LogP contribution in [-0.4, -0.2) is 23.0 Å². The molecule has 1 atom stereocenters. The summed E-state index contributed by atoms with van der Waals surface area (Å²) in [6.45, 7) is 4.14. The van der Waals surface area contributed by atoms with Gasteiger partial charge in [-0.15, -0.1) is 0 Å². The molecule has 0 aliphatic carbocycles. The predicted molar refractivity (Wildman–Crippen MR) is 98.1 cm³/mol. The van der Waals surface area contributed by atoms with Crippen LogP contribution in [0.4, 0.5) is 11.4 Å². The highest BCUT2D eigenvalue weighted by Gasteiger charge is 2.42. The van der Waals surface area contributed by atoms with Gasteiger partial charge in [-0.2, -0.15) is 4.99 Å². The molecule has 1 aromatic carbocycles. The molecule has 3 heterocycles. The number of aromatic nitrogens is 1. The quantitative estimate of drug-likeness (QED) is 0.863. The number of rotatable bonds is 2. The summed E-state index contributed by atoms with van der Waals surface area (Å²) in [7, 11) is 0. The fourth-order valence-electron chi connectivity index (χ4n) is 2.94. The van der Waals surface area contributed by atoms with Crippen LogP contribution in [0.2, 0.25) is 0 Å². The van der Waals surface area contributed by atoms with Gasteiger partial charge < -0.3 is 5.32 Å². The summed E-state index contributed by atoms with van der Waals surface area (Å²) in [6, 6.07) is 10.2. The molecule has 1 aromatic heterocycles. The number of guanidine groups is 1. The number of nitrogens with one attached hydrogen (secondary N) is 1. The second kappa shape index (κ2) is 5.50. The van der Waals surface area contributed by atoms with Crippen molar-refractivity contribution in [3.8, 4) is 0 Å². The zero-order valence-corrected chi connectivity index (χ0v) is 13.5. The Kier molecular flexibility index (Phi) is 3.32. The van der Waals surface area contributed by atoms with Crippen LogP contribution in [0.3, 0.4) is 0 Å². The Balaban J connectivity index is 1.74. The van der Waals surface area contributed by atoms with Crippen molar-refractivity contribution < 1.29 is 0 Å². The maximum atomic E-state index is 4.79. The van der Waals surface area contributed by atoms with Gasteiger partial charge in [0, 0.05) is 18.0 Å². The monoisotopic (exact) mass is 317 g/mol. The highest BCUT2D eigenvalue weighted by molar-refractivity contribution is 6.38. The first kappa shape index (κ1) is 14.5. The Labute approximate surface area is 140 Å². The minimum absolute atomic E-state index is 0.143. The van der Waals surface area contributed by atoms with Crippen molar-refractivity contribution in [2.24, 2.45) is 15.1 Å². The average molecular weight is 317 g/mol. The number of aryl methyl sites for hydroxylation is 2. The van der Waals surface area contributed by atoms with Crippen LogP contribution in [0.1, 0.15) is 11.1 Å². The molecule has 6 nitrogen and oxygen atoms in total. The molecular formula is C18H17N6+. The van der Waals surface area contributed by atoms with E-state index in [1.54, 1.807) is 24.8 Å². The first-order valence-electron chi connectivity index (χ1n) is 7.71. The molecular weight excluding hydrogens is 300 g/mol. The van der Waals surface area contributed by atoms with Gasteiger partial charge in [-0.05, 0) is 48.3 Å². The van der Waals surface area contributed by atoms with Crippen LogP contribution >= 0.6 is 0 Å². The lowest BCUT2D eigenvalue weighted by Crippen LogP contribution is -2.44. The van der Waals surface area contributed by atoms with Crippen LogP contribution in [-0.2, 0) is 0 Å². The van der Waals surface area contributed by atoms with Crippen molar-refractivity contribution in [3.63, 3.8) is 0 Å². The molecule has 1 unspecified atom stereocenters. The van der Waals surface area contributed by atoms with E-state index < -0.39 is 0 Å². The highest BCUT2D eigenvalue weighted by Crippen LogP contribution is 2.30. The maximum absolute atomic E-state index is 4.79. The smallest absolute Gasteiger partial charge is 0.287 e. The second-order valence-corrected chi connectivity index (χ2v) is 5.87. The lowest BCUT2D eigenvalue weighted by molar-refractivity contribution is 0.590. The van der Waals surface area contributed by atoms with E-state index in [0.717, 1.165) is 17.2 Å². The summed E-state index contributed by atoms with van der Waals surface area (Å²) < 4.78 is 0.143. The first-order valence-corrected chi connectivity index (χ1v) is 7.71. The topological polar surface area (TPSA) is 62.0 Å². The normalized spacial score (nSPS) is 21.2. The Bertz CT molecular complexity index is 890. The summed E-state index contributed by atoms with van der Waals surface area (Å²) in [5, 5.41) is 8.09. The van der Waals surface area contributed by atoms with Crippen molar-refractivity contribution in [1.82, 2.24) is 9.58 Å². The molecule has 4 rings (SSSR count). The third-order valence-corrected chi connectivity index (χ3v) is 3.90. The zero-order valence-electron chi connectivity index (χ0n) is 13.5. The minimum atomic E-state index is 0.143. The Morgan fingerprint density at radius 1 is 1.08 bits per heavy atom. The summed E-state index contributed by atoms with van der Waals surface area (Å²) in [4.78, 5) is 13.0. The number of anilines is 1. The fourth-order valence-corrected chi connectivity index (χ4v) is 2.94. The molecule has 0 bridgehead atoms. The van der Waals surface area contributed by atoms with E-state index in [-0.39, 0.29) is 4.59 Å². The summed E-state index contributed by atoms with van der Waals surface area (Å²) in [5.74, 6) is 1.29. The SMILES string of the molecule is Cc1cc(C)cc(NC2=N[N+]3(c4cccnc4)C=CN=CC3=N2)c1. The van der Waals surface area contributed by atoms with Crippen LogP contribution < -0.4 is 9.91 Å². The number of benzene rings is 1. The molecule has 2 aliphatic rings. The largest absolute Gasteiger partial charge is 0.320 e. The molecule has 0 saturated carbocycles. The van der Waals surface area contributed by atoms with E-state index in [1.165, 1.54) is 11.1 Å². The average Bonchev–Trinajstić information content (AvgIpc) is 2.93. The number of nitrogens with zero attached hydrogens (tertiary/aromatic N) is 5. The zero-order chi connectivity index (χ0) is 16.6. The van der Waals surface area contributed by atoms with Crippen LogP contribution in [0.15, 0.2) is 70.2 Å². The van der Waals surface area contributed by atoms with Crippen molar-refractivity contribution >= 4 is 29.4 Å². The van der Waals surface area contributed by atoms with Crippen molar-refractivity contribution in [2.45, 2.75) is 13.8 Å². The molecule has 118 valence electrons. The molecule has 2 aromatic rings. The number of hydrogen-bond donors (Lipinski definition) is 1. The van der Waals surface area contributed by atoms with E-state index in [4.69, 9.17) is 5.10 Å². The molecule has 6 heteroatoms. The van der Waals surface area contributed by atoms with E-state index in [1.807, 2.05) is 18.3 Å². The first-order chi connectivity index (χ1) is 11.7. The molecule has 0 fully saturated rings. The number of pyridine rings is 1. The van der Waals surface area contributed by atoms with Crippen LogP contribution in [0.25, 0.3) is 0 Å². The predicted octanol–water partition coefficient (Wildman–Crippen LogP) is 3.36. The van der Waals surface area contributed by atoms with E-state index >= 15 is 0 Å². The number of hydrogen-bond acceptors (Lipinski definition) is 5. The van der Waals surface area contributed by atoms with Crippen molar-refractivity contribution in [2.75, 3.05) is 5.32 Å². The van der Waals surface area contributed by atoms with E-state index in [0.29, 0.717) is 5.96 Å². The van der Waals surface area contributed by atoms with Gasteiger partial charge in [0.15, 0.2) is 11.9 Å². The molecule has 0 spiro atoms. The summed E-state index contributed by atoms with van der Waals surface area (Å²) in [6.07, 6.45) is 8.89. The van der Waals surface area contributed by atoms with Gasteiger partial charge in [-0.3, -0.25) is 9.98 Å². The van der Waals surface area contributed by atoms with E-state index in [2.05, 4.69) is 52.3 Å². The maximum Gasteiger partial charge on any atom is 0.287 e. The Morgan fingerprint density at radius 3 is 2.67 bits per heavy atom. The van der Waals surface area contributed by atoms with Crippen molar-refractivity contribution in [3.05, 3.63) is 66.3 Å². The third-order valence-electron chi connectivity index (χ3n) is 3.90. The van der Waals surface area contributed by atoms with Gasteiger partial charge in [-0.1, -0.05) is 10.7 Å². The molecule has 2 aliphatic heterocycles. The number of amidine groups is 1. The van der Waals surface area contributed by atoms with Gasteiger partial charge >= 0.3 is 0 Å². The van der Waals surface area contributed by atoms with Gasteiger partial charge in [0.1, 0.15) is 6.21 Å². The minimum Gasteiger partial charge on any atom is -0.320 e. The molecule has 24 heavy (non-hydrogen) atoms.